The van der Waals surface area contributed by atoms with Crippen LogP contribution in [0.15, 0.2) is 36.3 Å². The van der Waals surface area contributed by atoms with Crippen LogP contribution in [0.2, 0.25) is 0 Å². The van der Waals surface area contributed by atoms with E-state index in [0.717, 1.165) is 17.9 Å². The molecule has 1 heterocycles. The molecule has 0 bridgehead atoms. The van der Waals surface area contributed by atoms with Crippen LogP contribution in [0.5, 0.6) is 0 Å². The molecule has 0 radical (unpaired) electrons. The van der Waals surface area contributed by atoms with Crippen molar-refractivity contribution in [3.8, 4) is 0 Å². The van der Waals surface area contributed by atoms with E-state index in [9.17, 15) is 12.9 Å². The molecule has 18 heavy (non-hydrogen) atoms. The number of hydrogen-bond acceptors (Lipinski definition) is 2. The molecule has 0 atom stereocenters. The van der Waals surface area contributed by atoms with Crippen LogP contribution in [0.4, 0.5) is 24.3 Å². The molecule has 6 heteroatoms. The Hall–Kier alpha value is -1.59. The number of benzene rings is 1. The van der Waals surface area contributed by atoms with Crippen molar-refractivity contribution in [2.75, 3.05) is 36.5 Å². The first-order valence-corrected chi connectivity index (χ1v) is 5.82. The molecular weight excluding hydrogens is 240 g/mol. The summed E-state index contributed by atoms with van der Waals surface area (Å²) in [5.41, 5.74) is 1.16. The predicted molar refractivity (Wildman–Crippen MR) is 70.1 cm³/mol. The Morgan fingerprint density at radius 3 is 2.44 bits per heavy atom. The highest BCUT2D eigenvalue weighted by Gasteiger charge is 2.29. The zero-order valence-corrected chi connectivity index (χ0v) is 10.2. The number of fused-ring (bicyclic) bond motifs is 1. The molecule has 2 rings (SSSR count). The second-order valence-corrected chi connectivity index (χ2v) is 4.56. The topological polar surface area (TPSA) is 6.48 Å². The first kappa shape index (κ1) is 12.9. The van der Waals surface area contributed by atoms with Crippen molar-refractivity contribution in [1.82, 2.24) is 0 Å². The molecule has 0 amide bonds. The van der Waals surface area contributed by atoms with Gasteiger partial charge >= 0.3 is 6.98 Å². The summed E-state index contributed by atoms with van der Waals surface area (Å²) < 4.78 is 37.7. The number of rotatable bonds is 3. The number of likely N-dealkylation sites (N-methyl/N-ethyl adjacent to an activating group) is 1. The van der Waals surface area contributed by atoms with Gasteiger partial charge in [-0.05, 0) is 12.1 Å². The Labute approximate surface area is 105 Å². The van der Waals surface area contributed by atoms with Crippen molar-refractivity contribution in [3.63, 3.8) is 0 Å². The first-order valence-electron chi connectivity index (χ1n) is 5.82. The van der Waals surface area contributed by atoms with Gasteiger partial charge in [-0.2, -0.15) is 0 Å². The molecule has 0 unspecified atom stereocenters. The van der Waals surface area contributed by atoms with E-state index in [1.165, 1.54) is 0 Å². The van der Waals surface area contributed by atoms with Gasteiger partial charge in [0.25, 0.3) is 0 Å². The number of nitrogens with zero attached hydrogens (tertiary/aromatic N) is 2. The van der Waals surface area contributed by atoms with Crippen LogP contribution in [-0.2, 0) is 0 Å². The third-order valence-electron chi connectivity index (χ3n) is 3.20. The molecular formula is C12H15BF3N2-. The van der Waals surface area contributed by atoms with E-state index in [4.69, 9.17) is 0 Å². The minimum atomic E-state index is -4.96. The predicted octanol–water partition coefficient (Wildman–Crippen LogP) is 2.89. The maximum Gasteiger partial charge on any atom is 0.506 e. The number of anilines is 2. The van der Waals surface area contributed by atoms with Crippen molar-refractivity contribution < 1.29 is 12.9 Å². The van der Waals surface area contributed by atoms with E-state index < -0.39 is 12.4 Å². The van der Waals surface area contributed by atoms with Crippen molar-refractivity contribution in [2.45, 2.75) is 0 Å². The van der Waals surface area contributed by atoms with Gasteiger partial charge in [-0.3, -0.25) is 0 Å². The van der Waals surface area contributed by atoms with Crippen LogP contribution in [0, 0.1) is 0 Å². The summed E-state index contributed by atoms with van der Waals surface area (Å²) >= 11 is 0. The first-order chi connectivity index (χ1) is 8.39. The summed E-state index contributed by atoms with van der Waals surface area (Å²) in [6.45, 7) is -0.642. The summed E-state index contributed by atoms with van der Waals surface area (Å²) in [7, 11) is 1.94. The molecule has 0 fully saturated rings. The standard InChI is InChI=1S/C12H15BF3N2/c1-10(13(14,15)16)9-18-8-7-17(2)11-5-3-4-6-12(11)18/h3-6H,1,7-9H2,2H3/q-1. The second-order valence-electron chi connectivity index (χ2n) is 4.56. The van der Waals surface area contributed by atoms with Gasteiger partial charge in [0.05, 0.1) is 11.4 Å². The third-order valence-corrected chi connectivity index (χ3v) is 3.20. The lowest BCUT2D eigenvalue weighted by Crippen LogP contribution is -2.42. The number of para-hydroxylation sites is 2. The molecule has 0 aliphatic carbocycles. The van der Waals surface area contributed by atoms with E-state index in [-0.39, 0.29) is 6.54 Å². The highest BCUT2D eigenvalue weighted by molar-refractivity contribution is 6.66. The van der Waals surface area contributed by atoms with E-state index in [0.29, 0.717) is 6.54 Å². The molecule has 0 spiro atoms. The molecule has 0 saturated carbocycles. The molecule has 0 N–H and O–H groups in total. The summed E-state index contributed by atoms with van der Waals surface area (Å²) in [4.78, 5) is 3.79. The SMILES string of the molecule is C=C(CN1CCN(C)c2ccccc21)[B-](F)(F)F. The second kappa shape index (κ2) is 4.59. The van der Waals surface area contributed by atoms with Gasteiger partial charge in [0.2, 0.25) is 0 Å². The molecule has 98 valence electrons. The summed E-state index contributed by atoms with van der Waals surface area (Å²) in [6, 6.07) is 7.50. The lowest BCUT2D eigenvalue weighted by molar-refractivity contribution is 0.487. The average Bonchev–Trinajstić information content (AvgIpc) is 2.32. The van der Waals surface area contributed by atoms with Crippen LogP contribution in [-0.4, -0.2) is 33.7 Å². The normalized spacial score (nSPS) is 15.6. The fourth-order valence-electron chi connectivity index (χ4n) is 2.08. The maximum atomic E-state index is 12.6. The summed E-state index contributed by atoms with van der Waals surface area (Å²) in [5, 5.41) is 0. The molecule has 2 nitrogen and oxygen atoms in total. The third kappa shape index (κ3) is 2.47. The van der Waals surface area contributed by atoms with Crippen LogP contribution in [0.1, 0.15) is 0 Å². The van der Waals surface area contributed by atoms with Gasteiger partial charge in [0.1, 0.15) is 0 Å². The van der Waals surface area contributed by atoms with Crippen molar-refractivity contribution in [2.24, 2.45) is 0 Å². The summed E-state index contributed by atoms with van der Waals surface area (Å²) in [5.74, 6) is 0. The van der Waals surface area contributed by atoms with Gasteiger partial charge in [-0.25, -0.2) is 0 Å². The van der Waals surface area contributed by atoms with Crippen molar-refractivity contribution in [1.29, 1.82) is 0 Å². The fourth-order valence-corrected chi connectivity index (χ4v) is 2.08. The van der Waals surface area contributed by atoms with Gasteiger partial charge in [0.15, 0.2) is 0 Å². The average molecular weight is 255 g/mol. The Bertz CT molecular complexity index is 459. The fraction of sp³-hybridized carbons (Fsp3) is 0.333. The largest absolute Gasteiger partial charge is 0.506 e. The van der Waals surface area contributed by atoms with E-state index in [1.54, 1.807) is 4.90 Å². The lowest BCUT2D eigenvalue weighted by Gasteiger charge is -2.38. The Morgan fingerprint density at radius 2 is 1.83 bits per heavy atom. The van der Waals surface area contributed by atoms with Crippen LogP contribution < -0.4 is 9.80 Å². The van der Waals surface area contributed by atoms with Gasteiger partial charge in [-0.1, -0.05) is 12.1 Å². The minimum absolute atomic E-state index is 0.144. The van der Waals surface area contributed by atoms with E-state index in [1.807, 2.05) is 36.2 Å². The highest BCUT2D eigenvalue weighted by Crippen LogP contribution is 2.33. The van der Waals surface area contributed by atoms with Gasteiger partial charge in [0, 0.05) is 26.7 Å². The minimum Gasteiger partial charge on any atom is -0.445 e. The Balaban J connectivity index is 2.22. The van der Waals surface area contributed by atoms with Crippen LogP contribution >= 0.6 is 0 Å². The highest BCUT2D eigenvalue weighted by atomic mass is 19.4. The van der Waals surface area contributed by atoms with E-state index in [2.05, 4.69) is 6.58 Å². The molecule has 1 aliphatic heterocycles. The zero-order valence-electron chi connectivity index (χ0n) is 10.2. The maximum absolute atomic E-state index is 12.6. The Morgan fingerprint density at radius 1 is 1.22 bits per heavy atom. The van der Waals surface area contributed by atoms with Crippen molar-refractivity contribution >= 4 is 18.4 Å². The van der Waals surface area contributed by atoms with Crippen LogP contribution in [0.25, 0.3) is 0 Å². The quantitative estimate of drug-likeness (QED) is 0.766. The van der Waals surface area contributed by atoms with Gasteiger partial charge in [-0.15, -0.1) is 12.1 Å². The molecule has 0 aromatic heterocycles. The molecule has 1 aliphatic rings. The smallest absolute Gasteiger partial charge is 0.445 e. The summed E-state index contributed by atoms with van der Waals surface area (Å²) in [6.07, 6.45) is 0. The molecule has 1 aromatic rings. The molecule has 0 saturated heterocycles. The molecule has 1 aromatic carbocycles. The van der Waals surface area contributed by atoms with Gasteiger partial charge < -0.3 is 22.7 Å². The van der Waals surface area contributed by atoms with E-state index >= 15 is 0 Å². The Kier molecular flexibility index (Phi) is 3.28. The lowest BCUT2D eigenvalue weighted by atomic mass is 9.80. The number of hydrogen-bond donors (Lipinski definition) is 0. The van der Waals surface area contributed by atoms with Crippen molar-refractivity contribution in [3.05, 3.63) is 36.3 Å². The number of halogens is 3. The monoisotopic (exact) mass is 255 g/mol. The van der Waals surface area contributed by atoms with Crippen LogP contribution in [0.3, 0.4) is 0 Å². The zero-order chi connectivity index (χ0) is 13.3.